The topological polar surface area (TPSA) is 83.6 Å². The molecule has 1 unspecified atom stereocenters. The molecule has 1 aliphatic rings. The number of aromatic nitrogens is 1. The lowest BCUT2D eigenvalue weighted by Gasteiger charge is -2.19. The van der Waals surface area contributed by atoms with Crippen LogP contribution in [-0.2, 0) is 0 Å². The second-order valence-corrected chi connectivity index (χ2v) is 8.86. The van der Waals surface area contributed by atoms with Gasteiger partial charge in [-0.25, -0.2) is 9.78 Å². The molecule has 1 aromatic carbocycles. The highest BCUT2D eigenvalue weighted by Gasteiger charge is 2.28. The predicted octanol–water partition coefficient (Wildman–Crippen LogP) is 5.16. The zero-order valence-electron chi connectivity index (χ0n) is 20.1. The number of hydrogen-bond donors (Lipinski definition) is 2. The summed E-state index contributed by atoms with van der Waals surface area (Å²) in [4.78, 5) is 30.3. The summed E-state index contributed by atoms with van der Waals surface area (Å²) in [7, 11) is 1.61. The van der Waals surface area contributed by atoms with Crippen molar-refractivity contribution in [3.05, 3.63) is 53.6 Å². The van der Waals surface area contributed by atoms with Crippen LogP contribution in [0, 0.1) is 18.8 Å². The summed E-state index contributed by atoms with van der Waals surface area (Å²) in [5.74, 6) is 0.651. The van der Waals surface area contributed by atoms with Crippen LogP contribution < -0.4 is 15.4 Å². The third-order valence-corrected chi connectivity index (χ3v) is 6.30. The van der Waals surface area contributed by atoms with Gasteiger partial charge in [0.05, 0.1) is 12.7 Å². The van der Waals surface area contributed by atoms with E-state index in [-0.39, 0.29) is 11.9 Å². The van der Waals surface area contributed by atoms with Gasteiger partial charge >= 0.3 is 6.03 Å². The smallest absolute Gasteiger partial charge is 0.319 e. The number of rotatable bonds is 11. The van der Waals surface area contributed by atoms with Crippen LogP contribution in [0.1, 0.15) is 60.9 Å². The molecule has 0 saturated carbocycles. The van der Waals surface area contributed by atoms with Crippen molar-refractivity contribution < 1.29 is 18.7 Å². The molecule has 0 radical (unpaired) electrons. The molecule has 3 amide bonds. The van der Waals surface area contributed by atoms with Crippen molar-refractivity contribution in [1.29, 1.82) is 0 Å². The minimum absolute atomic E-state index is 0.0723. The van der Waals surface area contributed by atoms with Gasteiger partial charge in [-0.15, -0.1) is 0 Å². The number of unbranched alkanes of at least 4 members (excludes halogenated alkanes) is 4. The number of nitrogens with one attached hydrogen (secondary N) is 2. The Morgan fingerprint density at radius 1 is 1.18 bits per heavy atom. The molecule has 2 heterocycles. The molecule has 0 bridgehead atoms. The van der Waals surface area contributed by atoms with E-state index in [1.165, 1.54) is 12.3 Å². The first-order valence-corrected chi connectivity index (χ1v) is 12.1. The standard InChI is InChI=1S/C26H35FN4O3/c1-19-9-8-11-22(34-2)24(19)25(32)31-16-13-20(18-31)10-6-4-3-5-7-14-29-26(33)30-21-12-15-28-23(27)17-21/h8-9,11-12,15,17,20H,3-7,10,13-14,16,18H2,1-2H3,(H2,28,29,30,33). The van der Waals surface area contributed by atoms with Crippen molar-refractivity contribution in [3.63, 3.8) is 0 Å². The normalized spacial score (nSPS) is 15.3. The number of urea groups is 1. The van der Waals surface area contributed by atoms with Gasteiger partial charge in [-0.1, -0.05) is 37.8 Å². The molecule has 0 spiro atoms. The maximum absolute atomic E-state index is 13.0. The fraction of sp³-hybridized carbons (Fsp3) is 0.500. The van der Waals surface area contributed by atoms with E-state index in [9.17, 15) is 14.0 Å². The number of pyridine rings is 1. The number of benzene rings is 1. The molecule has 1 aromatic heterocycles. The lowest BCUT2D eigenvalue weighted by molar-refractivity contribution is 0.0782. The number of anilines is 1. The van der Waals surface area contributed by atoms with Gasteiger partial charge in [0.25, 0.3) is 5.91 Å². The summed E-state index contributed by atoms with van der Waals surface area (Å²) < 4.78 is 18.4. The van der Waals surface area contributed by atoms with Crippen molar-refractivity contribution >= 4 is 17.6 Å². The van der Waals surface area contributed by atoms with E-state index in [2.05, 4.69) is 15.6 Å². The van der Waals surface area contributed by atoms with E-state index in [0.717, 1.165) is 63.6 Å². The molecule has 0 aliphatic carbocycles. The Bertz CT molecular complexity index is 969. The van der Waals surface area contributed by atoms with Crippen LogP contribution in [0.4, 0.5) is 14.9 Å². The Kier molecular flexibility index (Phi) is 9.67. The molecular weight excluding hydrogens is 435 g/mol. The third kappa shape index (κ3) is 7.43. The molecule has 1 atom stereocenters. The highest BCUT2D eigenvalue weighted by molar-refractivity contribution is 5.98. The Balaban J connectivity index is 1.25. The number of likely N-dealkylation sites (tertiary alicyclic amines) is 1. The van der Waals surface area contributed by atoms with Crippen molar-refractivity contribution in [3.8, 4) is 5.75 Å². The van der Waals surface area contributed by atoms with Gasteiger partial charge in [0, 0.05) is 37.6 Å². The van der Waals surface area contributed by atoms with Crippen LogP contribution in [0.3, 0.4) is 0 Å². The molecule has 34 heavy (non-hydrogen) atoms. The summed E-state index contributed by atoms with van der Waals surface area (Å²) in [6.07, 6.45) is 8.88. The number of aryl methyl sites for hydroxylation is 1. The zero-order chi connectivity index (χ0) is 24.3. The fourth-order valence-corrected chi connectivity index (χ4v) is 4.44. The maximum Gasteiger partial charge on any atom is 0.319 e. The minimum Gasteiger partial charge on any atom is -0.496 e. The molecule has 3 rings (SSSR count). The molecule has 184 valence electrons. The Morgan fingerprint density at radius 3 is 2.76 bits per heavy atom. The van der Waals surface area contributed by atoms with Crippen molar-refractivity contribution in [2.24, 2.45) is 5.92 Å². The molecule has 7 nitrogen and oxygen atoms in total. The third-order valence-electron chi connectivity index (χ3n) is 6.30. The van der Waals surface area contributed by atoms with Crippen LogP contribution in [0.15, 0.2) is 36.5 Å². The van der Waals surface area contributed by atoms with Gasteiger partial charge < -0.3 is 20.3 Å². The van der Waals surface area contributed by atoms with Crippen LogP contribution >= 0.6 is 0 Å². The lowest BCUT2D eigenvalue weighted by atomic mass is 10.00. The quantitative estimate of drug-likeness (QED) is 0.351. The first-order chi connectivity index (χ1) is 16.5. The molecular formula is C26H35FN4O3. The molecule has 1 fully saturated rings. The highest BCUT2D eigenvalue weighted by Crippen LogP contribution is 2.28. The summed E-state index contributed by atoms with van der Waals surface area (Å²) >= 11 is 0. The molecule has 1 saturated heterocycles. The number of hydrogen-bond acceptors (Lipinski definition) is 4. The zero-order valence-corrected chi connectivity index (χ0v) is 20.1. The van der Waals surface area contributed by atoms with Crippen molar-refractivity contribution in [2.45, 2.75) is 51.9 Å². The average molecular weight is 471 g/mol. The van der Waals surface area contributed by atoms with Gasteiger partial charge in [0.15, 0.2) is 0 Å². The molecule has 8 heteroatoms. The average Bonchev–Trinajstić information content (AvgIpc) is 3.29. The number of carbonyl (C=O) groups excluding carboxylic acids is 2. The van der Waals surface area contributed by atoms with E-state index in [4.69, 9.17) is 4.74 Å². The monoisotopic (exact) mass is 470 g/mol. The van der Waals surface area contributed by atoms with Crippen LogP contribution in [-0.4, -0.2) is 48.6 Å². The van der Waals surface area contributed by atoms with E-state index >= 15 is 0 Å². The van der Waals surface area contributed by atoms with E-state index in [1.54, 1.807) is 13.2 Å². The van der Waals surface area contributed by atoms with Gasteiger partial charge in [-0.3, -0.25) is 4.79 Å². The minimum atomic E-state index is -0.624. The summed E-state index contributed by atoms with van der Waals surface area (Å²) in [6.45, 7) is 4.16. The Labute approximate surface area is 201 Å². The molecule has 1 aliphatic heterocycles. The highest BCUT2D eigenvalue weighted by atomic mass is 19.1. The number of carbonyl (C=O) groups is 2. The first kappa shape index (κ1) is 25.5. The predicted molar refractivity (Wildman–Crippen MR) is 131 cm³/mol. The van der Waals surface area contributed by atoms with Crippen molar-refractivity contribution in [2.75, 3.05) is 32.1 Å². The molecule has 2 aromatic rings. The second-order valence-electron chi connectivity index (χ2n) is 8.86. The van der Waals surface area contributed by atoms with Crippen LogP contribution in [0.2, 0.25) is 0 Å². The Morgan fingerprint density at radius 2 is 1.97 bits per heavy atom. The number of methoxy groups -OCH3 is 1. The second kappa shape index (κ2) is 12.9. The number of halogens is 1. The van der Waals surface area contributed by atoms with E-state index < -0.39 is 5.95 Å². The first-order valence-electron chi connectivity index (χ1n) is 12.1. The van der Waals surface area contributed by atoms with E-state index in [1.807, 2.05) is 30.0 Å². The van der Waals surface area contributed by atoms with Gasteiger partial charge in [-0.2, -0.15) is 4.39 Å². The summed E-state index contributed by atoms with van der Waals surface area (Å²) in [6, 6.07) is 8.09. The van der Waals surface area contributed by atoms with Crippen LogP contribution in [0.5, 0.6) is 5.75 Å². The number of nitrogens with zero attached hydrogens (tertiary/aromatic N) is 2. The van der Waals surface area contributed by atoms with Gasteiger partial charge in [-0.05, 0) is 49.8 Å². The Hall–Kier alpha value is -3.16. The largest absolute Gasteiger partial charge is 0.496 e. The van der Waals surface area contributed by atoms with E-state index in [0.29, 0.717) is 29.5 Å². The maximum atomic E-state index is 13.0. The number of amides is 3. The van der Waals surface area contributed by atoms with Gasteiger partial charge in [0.1, 0.15) is 5.75 Å². The fourth-order valence-electron chi connectivity index (χ4n) is 4.44. The van der Waals surface area contributed by atoms with Crippen molar-refractivity contribution in [1.82, 2.24) is 15.2 Å². The van der Waals surface area contributed by atoms with Gasteiger partial charge in [0.2, 0.25) is 5.95 Å². The molecule has 2 N–H and O–H groups in total. The summed E-state index contributed by atoms with van der Waals surface area (Å²) in [5.41, 5.74) is 2.02. The lowest BCUT2D eigenvalue weighted by Crippen LogP contribution is -2.29. The summed E-state index contributed by atoms with van der Waals surface area (Å²) in [5, 5.41) is 5.38. The van der Waals surface area contributed by atoms with Crippen LogP contribution in [0.25, 0.3) is 0 Å². The number of ether oxygens (including phenoxy) is 1. The SMILES string of the molecule is COc1cccc(C)c1C(=O)N1CCC(CCCCCCCNC(=O)Nc2ccnc(F)c2)C1.